The highest BCUT2D eigenvalue weighted by molar-refractivity contribution is 7.92. The van der Waals surface area contributed by atoms with Crippen LogP contribution in [0.25, 0.3) is 16.9 Å². The number of nitrogens with one attached hydrogen (secondary N) is 2. The standard InChI is InChI=1S/C25H25Cl2N5O4S.CH4/c1-3-36-21-11-9-17(37(34,35)31-16-8-10-19(26)20(27)12-16)13-18(21)23-29-25(33)22-14(2)28-24(32(22)30-23)15-6-4-5-7-15;/h8-13,15,31H,3-7H2,1-2H3,(H,29,30,33);1H4. The second-order valence-electron chi connectivity index (χ2n) is 8.93. The molecule has 2 heterocycles. The first-order valence-corrected chi connectivity index (χ1v) is 14.2. The number of aromatic nitrogens is 4. The van der Waals surface area contributed by atoms with Crippen LogP contribution in [-0.2, 0) is 10.0 Å². The molecule has 0 radical (unpaired) electrons. The molecule has 12 heteroatoms. The van der Waals surface area contributed by atoms with Crippen LogP contribution < -0.4 is 15.0 Å². The van der Waals surface area contributed by atoms with E-state index in [0.717, 1.165) is 31.5 Å². The summed E-state index contributed by atoms with van der Waals surface area (Å²) in [4.78, 5) is 20.5. The highest BCUT2D eigenvalue weighted by Gasteiger charge is 2.26. The third-order valence-corrected chi connectivity index (χ3v) is 8.53. The number of imidazole rings is 1. The summed E-state index contributed by atoms with van der Waals surface area (Å²) in [5.41, 5.74) is 1.22. The van der Waals surface area contributed by atoms with E-state index in [2.05, 4.69) is 14.7 Å². The number of sulfonamides is 1. The van der Waals surface area contributed by atoms with Crippen LogP contribution in [-0.4, -0.2) is 34.6 Å². The first kappa shape index (κ1) is 27.9. The Balaban J connectivity index is 0.00000336. The van der Waals surface area contributed by atoms with Gasteiger partial charge in [0.2, 0.25) is 0 Å². The van der Waals surface area contributed by atoms with E-state index in [1.807, 2.05) is 6.92 Å². The van der Waals surface area contributed by atoms with Crippen LogP contribution in [0.3, 0.4) is 0 Å². The number of nitrogens with zero attached hydrogens (tertiary/aromatic N) is 3. The van der Waals surface area contributed by atoms with Crippen molar-refractivity contribution in [3.63, 3.8) is 0 Å². The number of halogens is 2. The fraction of sp³-hybridized carbons (Fsp3) is 0.346. The molecular formula is C26H29Cl2N5O4S. The summed E-state index contributed by atoms with van der Waals surface area (Å²) < 4.78 is 36.3. The molecule has 1 fully saturated rings. The average Bonchev–Trinajstić information content (AvgIpc) is 3.50. The van der Waals surface area contributed by atoms with E-state index >= 15 is 0 Å². The van der Waals surface area contributed by atoms with Crippen molar-refractivity contribution in [3.05, 3.63) is 68.3 Å². The van der Waals surface area contributed by atoms with Gasteiger partial charge in [0.15, 0.2) is 11.3 Å². The van der Waals surface area contributed by atoms with Crippen LogP contribution in [0.15, 0.2) is 46.1 Å². The number of aromatic amines is 1. The number of benzene rings is 2. The van der Waals surface area contributed by atoms with Crippen LogP contribution in [0.5, 0.6) is 5.75 Å². The van der Waals surface area contributed by atoms with Gasteiger partial charge in [-0.1, -0.05) is 43.5 Å². The molecule has 0 saturated heterocycles. The van der Waals surface area contributed by atoms with E-state index in [9.17, 15) is 13.2 Å². The van der Waals surface area contributed by atoms with Gasteiger partial charge in [-0.3, -0.25) is 9.52 Å². The Hall–Kier alpha value is -3.08. The number of hydrogen-bond acceptors (Lipinski definition) is 6. The lowest BCUT2D eigenvalue weighted by Crippen LogP contribution is -2.17. The zero-order valence-corrected chi connectivity index (χ0v) is 22.5. The normalized spacial score (nSPS) is 14.0. The summed E-state index contributed by atoms with van der Waals surface area (Å²) in [6.45, 7) is 3.94. The number of H-pyrrole nitrogens is 1. The van der Waals surface area contributed by atoms with E-state index in [-0.39, 0.29) is 40.3 Å². The second kappa shape index (κ2) is 11.0. The summed E-state index contributed by atoms with van der Waals surface area (Å²) >= 11 is 12.0. The lowest BCUT2D eigenvalue weighted by atomic mass is 10.1. The van der Waals surface area contributed by atoms with Crippen LogP contribution in [0.2, 0.25) is 10.0 Å². The Kier molecular flexibility index (Phi) is 8.06. The van der Waals surface area contributed by atoms with Crippen molar-refractivity contribution >= 4 is 44.4 Å². The first-order valence-electron chi connectivity index (χ1n) is 11.9. The molecule has 2 aromatic carbocycles. The monoisotopic (exact) mass is 577 g/mol. The van der Waals surface area contributed by atoms with Gasteiger partial charge < -0.3 is 9.72 Å². The number of rotatable bonds is 7. The number of ether oxygens (including phenoxy) is 1. The van der Waals surface area contributed by atoms with Gasteiger partial charge in [-0.25, -0.2) is 17.9 Å². The van der Waals surface area contributed by atoms with Gasteiger partial charge in [0.05, 0.1) is 38.5 Å². The molecule has 1 aliphatic rings. The van der Waals surface area contributed by atoms with Gasteiger partial charge in [0.25, 0.3) is 15.6 Å². The lowest BCUT2D eigenvalue weighted by Gasteiger charge is -2.14. The van der Waals surface area contributed by atoms with Crippen LogP contribution >= 0.6 is 23.2 Å². The summed E-state index contributed by atoms with van der Waals surface area (Å²) in [6, 6.07) is 8.84. The average molecular weight is 579 g/mol. The molecule has 5 rings (SSSR count). The van der Waals surface area contributed by atoms with Crippen molar-refractivity contribution in [1.82, 2.24) is 19.6 Å². The van der Waals surface area contributed by atoms with Crippen LogP contribution in [0.1, 0.15) is 57.5 Å². The van der Waals surface area contributed by atoms with Gasteiger partial charge in [0.1, 0.15) is 11.6 Å². The third-order valence-electron chi connectivity index (χ3n) is 6.41. The van der Waals surface area contributed by atoms with E-state index in [1.54, 1.807) is 17.5 Å². The zero-order valence-electron chi connectivity index (χ0n) is 20.2. The summed E-state index contributed by atoms with van der Waals surface area (Å²) in [7, 11) is -4.02. The van der Waals surface area contributed by atoms with Gasteiger partial charge in [-0.2, -0.15) is 0 Å². The number of aryl methyl sites for hydroxylation is 1. The quantitative estimate of drug-likeness (QED) is 0.270. The molecule has 0 aliphatic heterocycles. The molecule has 2 N–H and O–H groups in total. The molecule has 4 aromatic rings. The second-order valence-corrected chi connectivity index (χ2v) is 11.4. The molecule has 1 aliphatic carbocycles. The Morgan fingerprint density at radius 2 is 1.87 bits per heavy atom. The van der Waals surface area contributed by atoms with Crippen molar-refractivity contribution < 1.29 is 13.2 Å². The SMILES string of the molecule is C.CCOc1ccc(S(=O)(=O)Nc2ccc(Cl)c(Cl)c2)cc1-c1nn2c(C3CCCC3)nc(C)c2c(=O)[nH]1. The van der Waals surface area contributed by atoms with Crippen molar-refractivity contribution in [2.75, 3.05) is 11.3 Å². The smallest absolute Gasteiger partial charge is 0.277 e. The molecule has 202 valence electrons. The summed E-state index contributed by atoms with van der Waals surface area (Å²) in [6.07, 6.45) is 4.19. The predicted molar refractivity (Wildman–Crippen MR) is 150 cm³/mol. The topological polar surface area (TPSA) is 118 Å². The lowest BCUT2D eigenvalue weighted by molar-refractivity contribution is 0.341. The molecule has 0 amide bonds. The molecule has 38 heavy (non-hydrogen) atoms. The Morgan fingerprint density at radius 3 is 2.55 bits per heavy atom. The highest BCUT2D eigenvalue weighted by atomic mass is 35.5. The molecule has 0 bridgehead atoms. The Morgan fingerprint density at radius 1 is 1.13 bits per heavy atom. The molecule has 0 unspecified atom stereocenters. The minimum absolute atomic E-state index is 0. The fourth-order valence-corrected chi connectivity index (χ4v) is 6.05. The molecule has 0 atom stereocenters. The van der Waals surface area contributed by atoms with E-state index < -0.39 is 10.0 Å². The first-order chi connectivity index (χ1) is 17.7. The van der Waals surface area contributed by atoms with Gasteiger partial charge >= 0.3 is 0 Å². The van der Waals surface area contributed by atoms with Gasteiger partial charge in [-0.05, 0) is 63.1 Å². The van der Waals surface area contributed by atoms with Crippen molar-refractivity contribution in [2.24, 2.45) is 0 Å². The van der Waals surface area contributed by atoms with Crippen LogP contribution in [0, 0.1) is 6.92 Å². The van der Waals surface area contributed by atoms with E-state index in [4.69, 9.17) is 33.0 Å². The number of hydrogen-bond donors (Lipinski definition) is 2. The van der Waals surface area contributed by atoms with Crippen LogP contribution in [0.4, 0.5) is 5.69 Å². The van der Waals surface area contributed by atoms with E-state index in [0.29, 0.717) is 34.2 Å². The van der Waals surface area contributed by atoms with Crippen molar-refractivity contribution in [3.8, 4) is 17.1 Å². The maximum Gasteiger partial charge on any atom is 0.277 e. The fourth-order valence-electron chi connectivity index (χ4n) is 4.68. The molecule has 2 aromatic heterocycles. The summed E-state index contributed by atoms with van der Waals surface area (Å²) in [5.74, 6) is 1.54. The Labute approximate surface area is 231 Å². The molecular weight excluding hydrogens is 549 g/mol. The molecule has 1 saturated carbocycles. The van der Waals surface area contributed by atoms with Gasteiger partial charge in [0, 0.05) is 5.92 Å². The summed E-state index contributed by atoms with van der Waals surface area (Å²) in [5, 5.41) is 5.24. The van der Waals surface area contributed by atoms with Crippen molar-refractivity contribution in [1.29, 1.82) is 0 Å². The predicted octanol–water partition coefficient (Wildman–Crippen LogP) is 6.19. The third kappa shape index (κ3) is 5.25. The largest absolute Gasteiger partial charge is 0.493 e. The van der Waals surface area contributed by atoms with Crippen molar-refractivity contribution in [2.45, 2.75) is 57.8 Å². The Bertz CT molecular complexity index is 1660. The maximum absolute atomic E-state index is 13.2. The van der Waals surface area contributed by atoms with E-state index in [1.165, 1.54) is 30.3 Å². The maximum atomic E-state index is 13.2. The molecule has 9 nitrogen and oxygen atoms in total. The number of anilines is 1. The zero-order chi connectivity index (χ0) is 26.3. The highest BCUT2D eigenvalue weighted by Crippen LogP contribution is 2.35. The minimum Gasteiger partial charge on any atom is -0.493 e. The van der Waals surface area contributed by atoms with Gasteiger partial charge in [-0.15, -0.1) is 5.10 Å². The minimum atomic E-state index is -4.02. The number of fused-ring (bicyclic) bond motifs is 1. The molecule has 0 spiro atoms.